The molecule has 1 aliphatic heterocycles. The lowest BCUT2D eigenvalue weighted by Gasteiger charge is -2.12. The van der Waals surface area contributed by atoms with E-state index >= 15 is 0 Å². The number of para-hydroxylation sites is 2. The Hall–Kier alpha value is -1.33. The van der Waals surface area contributed by atoms with E-state index < -0.39 is 0 Å². The van der Waals surface area contributed by atoms with Crippen LogP contribution in [0.3, 0.4) is 0 Å². The van der Waals surface area contributed by atoms with Gasteiger partial charge >= 0.3 is 0 Å². The largest absolute Gasteiger partial charge is 0.375 e. The fraction of sp³-hybridized carbons (Fsp3) is 0.400. The van der Waals surface area contributed by atoms with Gasteiger partial charge in [0.25, 0.3) is 5.69 Å². The molecular weight excluding hydrogens is 230 g/mol. The summed E-state index contributed by atoms with van der Waals surface area (Å²) in [5.41, 5.74) is 0.751. The van der Waals surface area contributed by atoms with Gasteiger partial charge in [-0.3, -0.25) is 10.1 Å². The third-order valence-corrected chi connectivity index (χ3v) is 2.52. The predicted octanol–water partition coefficient (Wildman–Crippen LogP) is 1.79. The second-order valence-electron chi connectivity index (χ2n) is 3.61. The zero-order valence-corrected chi connectivity index (χ0v) is 9.50. The number of nitro benzene ring substituents is 1. The van der Waals surface area contributed by atoms with Crippen LogP contribution in [0, 0.1) is 10.1 Å². The molecule has 1 saturated heterocycles. The molecule has 1 fully saturated rings. The number of hydrogen-bond donors (Lipinski definition) is 2. The highest BCUT2D eigenvalue weighted by Gasteiger charge is 2.18. The van der Waals surface area contributed by atoms with Gasteiger partial charge in [0.1, 0.15) is 5.69 Å². The Morgan fingerprint density at radius 2 is 2.19 bits per heavy atom. The molecular formula is C10H14ClN3O2. The Morgan fingerprint density at radius 1 is 1.44 bits per heavy atom. The van der Waals surface area contributed by atoms with Crippen LogP contribution in [0.1, 0.15) is 6.42 Å². The van der Waals surface area contributed by atoms with E-state index in [4.69, 9.17) is 0 Å². The SMILES string of the molecule is Cl.O=[N+]([O-])c1ccccc1NC1CCNC1. The second kappa shape index (κ2) is 5.67. The maximum absolute atomic E-state index is 10.7. The molecule has 0 saturated carbocycles. The summed E-state index contributed by atoms with van der Waals surface area (Å²) in [5, 5.41) is 17.1. The Kier molecular flexibility index (Phi) is 4.52. The third kappa shape index (κ3) is 2.84. The van der Waals surface area contributed by atoms with Gasteiger partial charge in [-0.25, -0.2) is 0 Å². The van der Waals surface area contributed by atoms with Gasteiger partial charge in [-0.1, -0.05) is 12.1 Å². The molecule has 1 aromatic rings. The molecule has 1 atom stereocenters. The van der Waals surface area contributed by atoms with Crippen LogP contribution < -0.4 is 10.6 Å². The zero-order valence-electron chi connectivity index (χ0n) is 8.68. The summed E-state index contributed by atoms with van der Waals surface area (Å²) in [6, 6.07) is 7.04. The minimum Gasteiger partial charge on any atom is -0.375 e. The average molecular weight is 244 g/mol. The first kappa shape index (κ1) is 12.7. The lowest BCUT2D eigenvalue weighted by atomic mass is 10.2. The van der Waals surface area contributed by atoms with E-state index in [1.807, 2.05) is 0 Å². The van der Waals surface area contributed by atoms with Gasteiger partial charge in [-0.15, -0.1) is 12.4 Å². The molecule has 0 spiro atoms. The Labute approximate surface area is 99.8 Å². The van der Waals surface area contributed by atoms with Crippen molar-refractivity contribution in [2.75, 3.05) is 18.4 Å². The first-order valence-electron chi connectivity index (χ1n) is 4.98. The number of benzene rings is 1. The monoisotopic (exact) mass is 243 g/mol. The summed E-state index contributed by atoms with van der Waals surface area (Å²) in [4.78, 5) is 10.4. The van der Waals surface area contributed by atoms with Gasteiger partial charge in [0, 0.05) is 18.7 Å². The second-order valence-corrected chi connectivity index (χ2v) is 3.61. The van der Waals surface area contributed by atoms with Crippen molar-refractivity contribution in [1.29, 1.82) is 0 Å². The molecule has 1 unspecified atom stereocenters. The number of rotatable bonds is 3. The molecule has 6 heteroatoms. The topological polar surface area (TPSA) is 67.2 Å². The summed E-state index contributed by atoms with van der Waals surface area (Å²) >= 11 is 0. The van der Waals surface area contributed by atoms with Gasteiger partial charge in [0.2, 0.25) is 0 Å². The summed E-state index contributed by atoms with van der Waals surface area (Å²) in [6.07, 6.45) is 1.01. The third-order valence-electron chi connectivity index (χ3n) is 2.52. The maximum atomic E-state index is 10.7. The summed E-state index contributed by atoms with van der Waals surface area (Å²) < 4.78 is 0. The van der Waals surface area contributed by atoms with Crippen LogP contribution in [-0.4, -0.2) is 24.1 Å². The number of halogens is 1. The number of hydrogen-bond acceptors (Lipinski definition) is 4. The molecule has 16 heavy (non-hydrogen) atoms. The molecule has 1 heterocycles. The lowest BCUT2D eigenvalue weighted by Crippen LogP contribution is -2.22. The van der Waals surface area contributed by atoms with Crippen LogP contribution in [0.2, 0.25) is 0 Å². The van der Waals surface area contributed by atoms with Crippen LogP contribution in [-0.2, 0) is 0 Å². The minimum atomic E-state index is -0.356. The maximum Gasteiger partial charge on any atom is 0.292 e. The van der Waals surface area contributed by atoms with Gasteiger partial charge in [0.05, 0.1) is 4.92 Å². The van der Waals surface area contributed by atoms with Crippen LogP contribution in [0.4, 0.5) is 11.4 Å². The Morgan fingerprint density at radius 3 is 2.81 bits per heavy atom. The first-order valence-corrected chi connectivity index (χ1v) is 4.98. The smallest absolute Gasteiger partial charge is 0.292 e. The Balaban J connectivity index is 0.00000128. The van der Waals surface area contributed by atoms with Crippen LogP contribution in [0.5, 0.6) is 0 Å². The van der Waals surface area contributed by atoms with Crippen LogP contribution in [0.15, 0.2) is 24.3 Å². The fourth-order valence-electron chi connectivity index (χ4n) is 1.75. The van der Waals surface area contributed by atoms with E-state index in [2.05, 4.69) is 10.6 Å². The number of anilines is 1. The molecule has 1 aromatic carbocycles. The van der Waals surface area contributed by atoms with E-state index in [0.717, 1.165) is 19.5 Å². The van der Waals surface area contributed by atoms with E-state index in [0.29, 0.717) is 11.7 Å². The summed E-state index contributed by atoms with van der Waals surface area (Å²) in [7, 11) is 0. The van der Waals surface area contributed by atoms with E-state index in [1.54, 1.807) is 18.2 Å². The van der Waals surface area contributed by atoms with Crippen LogP contribution >= 0.6 is 12.4 Å². The Bertz CT molecular complexity index is 367. The predicted molar refractivity (Wildman–Crippen MR) is 65.2 cm³/mol. The zero-order chi connectivity index (χ0) is 10.7. The highest BCUT2D eigenvalue weighted by atomic mass is 35.5. The molecule has 2 N–H and O–H groups in total. The number of nitrogens with zero attached hydrogens (tertiary/aromatic N) is 1. The van der Waals surface area contributed by atoms with Crippen molar-refractivity contribution in [1.82, 2.24) is 5.32 Å². The van der Waals surface area contributed by atoms with Crippen molar-refractivity contribution in [2.45, 2.75) is 12.5 Å². The molecule has 5 nitrogen and oxygen atoms in total. The average Bonchev–Trinajstić information content (AvgIpc) is 2.71. The van der Waals surface area contributed by atoms with Gasteiger partial charge < -0.3 is 10.6 Å². The van der Waals surface area contributed by atoms with E-state index in [1.165, 1.54) is 6.07 Å². The van der Waals surface area contributed by atoms with Crippen molar-refractivity contribution in [2.24, 2.45) is 0 Å². The molecule has 0 bridgehead atoms. The number of nitro groups is 1. The number of nitrogens with one attached hydrogen (secondary N) is 2. The fourth-order valence-corrected chi connectivity index (χ4v) is 1.75. The van der Waals surface area contributed by atoms with Crippen molar-refractivity contribution < 1.29 is 4.92 Å². The normalized spacial score (nSPS) is 18.9. The first-order chi connectivity index (χ1) is 7.27. The molecule has 0 amide bonds. The van der Waals surface area contributed by atoms with Crippen molar-refractivity contribution in [3.8, 4) is 0 Å². The molecule has 0 radical (unpaired) electrons. The quantitative estimate of drug-likeness (QED) is 0.627. The van der Waals surface area contributed by atoms with E-state index in [-0.39, 0.29) is 23.0 Å². The molecule has 0 aliphatic carbocycles. The summed E-state index contributed by atoms with van der Waals surface area (Å²) in [5.74, 6) is 0. The summed E-state index contributed by atoms with van der Waals surface area (Å²) in [6.45, 7) is 1.84. The van der Waals surface area contributed by atoms with Crippen molar-refractivity contribution >= 4 is 23.8 Å². The molecule has 1 aliphatic rings. The van der Waals surface area contributed by atoms with Gasteiger partial charge in [-0.05, 0) is 19.0 Å². The highest BCUT2D eigenvalue weighted by molar-refractivity contribution is 5.85. The van der Waals surface area contributed by atoms with E-state index in [9.17, 15) is 10.1 Å². The van der Waals surface area contributed by atoms with Crippen molar-refractivity contribution in [3.63, 3.8) is 0 Å². The highest BCUT2D eigenvalue weighted by Crippen LogP contribution is 2.24. The van der Waals surface area contributed by atoms with Crippen molar-refractivity contribution in [3.05, 3.63) is 34.4 Å². The van der Waals surface area contributed by atoms with Gasteiger partial charge in [-0.2, -0.15) is 0 Å². The van der Waals surface area contributed by atoms with Gasteiger partial charge in [0.15, 0.2) is 0 Å². The molecule has 2 rings (SSSR count). The molecule has 88 valence electrons. The molecule has 0 aromatic heterocycles. The lowest BCUT2D eigenvalue weighted by molar-refractivity contribution is -0.384. The standard InChI is InChI=1S/C10H13N3O2.ClH/c14-13(15)10-4-2-1-3-9(10)12-8-5-6-11-7-8;/h1-4,8,11-12H,5-7H2;1H. The van der Waals surface area contributed by atoms with Crippen LogP contribution in [0.25, 0.3) is 0 Å². The minimum absolute atomic E-state index is 0.